The van der Waals surface area contributed by atoms with Crippen molar-refractivity contribution >= 4 is 11.6 Å². The summed E-state index contributed by atoms with van der Waals surface area (Å²) < 4.78 is 0. The fraction of sp³-hybridized carbons (Fsp3) is 0.462. The second kappa shape index (κ2) is 6.37. The first-order valence-corrected chi connectivity index (χ1v) is 6.26. The monoisotopic (exact) mass is 249 g/mol. The summed E-state index contributed by atoms with van der Waals surface area (Å²) in [6.45, 7) is 2.28. The van der Waals surface area contributed by atoms with Gasteiger partial charge in [0, 0.05) is 30.4 Å². The molecule has 5 heteroatoms. The first kappa shape index (κ1) is 12.9. The third-order valence-corrected chi connectivity index (χ3v) is 2.98. The van der Waals surface area contributed by atoms with Gasteiger partial charge in [0.1, 0.15) is 0 Å². The topological polar surface area (TPSA) is 73.4 Å². The van der Waals surface area contributed by atoms with E-state index in [0.29, 0.717) is 11.6 Å². The van der Waals surface area contributed by atoms with Crippen LogP contribution < -0.4 is 16.0 Å². The third-order valence-electron chi connectivity index (χ3n) is 2.98. The zero-order valence-electron chi connectivity index (χ0n) is 10.3. The van der Waals surface area contributed by atoms with Crippen molar-refractivity contribution in [1.29, 1.82) is 0 Å². The minimum absolute atomic E-state index is 0.0416. The lowest BCUT2D eigenvalue weighted by molar-refractivity contribution is 0.0945. The van der Waals surface area contributed by atoms with Gasteiger partial charge in [-0.1, -0.05) is 0 Å². The van der Waals surface area contributed by atoms with Crippen LogP contribution in [0.15, 0.2) is 24.3 Å². The van der Waals surface area contributed by atoms with E-state index in [4.69, 9.17) is 5.11 Å². The predicted molar refractivity (Wildman–Crippen MR) is 70.8 cm³/mol. The van der Waals surface area contributed by atoms with Gasteiger partial charge in [-0.2, -0.15) is 0 Å². The molecule has 1 heterocycles. The van der Waals surface area contributed by atoms with Crippen molar-refractivity contribution in [3.05, 3.63) is 29.8 Å². The molecule has 1 aromatic carbocycles. The molecule has 0 radical (unpaired) electrons. The van der Waals surface area contributed by atoms with E-state index in [-0.39, 0.29) is 19.1 Å². The van der Waals surface area contributed by atoms with Gasteiger partial charge in [-0.05, 0) is 37.2 Å². The molecule has 1 aromatic rings. The molecule has 4 N–H and O–H groups in total. The van der Waals surface area contributed by atoms with Crippen molar-refractivity contribution in [2.45, 2.75) is 12.5 Å². The van der Waals surface area contributed by atoms with E-state index in [9.17, 15) is 4.79 Å². The van der Waals surface area contributed by atoms with E-state index < -0.39 is 0 Å². The van der Waals surface area contributed by atoms with E-state index in [0.717, 1.165) is 25.2 Å². The Bertz CT molecular complexity index is 386. The Morgan fingerprint density at radius 3 is 2.78 bits per heavy atom. The molecular formula is C13H19N3O2. The summed E-state index contributed by atoms with van der Waals surface area (Å²) in [4.78, 5) is 11.6. The fourth-order valence-corrected chi connectivity index (χ4v) is 2.00. The van der Waals surface area contributed by atoms with Crippen molar-refractivity contribution in [1.82, 2.24) is 10.6 Å². The van der Waals surface area contributed by atoms with Gasteiger partial charge in [0.25, 0.3) is 5.91 Å². The Hall–Kier alpha value is -1.59. The molecule has 98 valence electrons. The van der Waals surface area contributed by atoms with Crippen LogP contribution in [-0.2, 0) is 0 Å². The van der Waals surface area contributed by atoms with E-state index in [1.807, 2.05) is 12.1 Å². The Balaban J connectivity index is 1.90. The molecule has 1 aliphatic heterocycles. The molecule has 1 atom stereocenters. The van der Waals surface area contributed by atoms with Crippen molar-refractivity contribution in [2.24, 2.45) is 0 Å². The highest BCUT2D eigenvalue weighted by molar-refractivity contribution is 5.94. The van der Waals surface area contributed by atoms with Crippen LogP contribution in [0.5, 0.6) is 0 Å². The summed E-state index contributed by atoms with van der Waals surface area (Å²) in [6.07, 6.45) is 1.12. The van der Waals surface area contributed by atoms with Crippen LogP contribution in [0, 0.1) is 0 Å². The summed E-state index contributed by atoms with van der Waals surface area (Å²) in [6, 6.07) is 7.87. The molecule has 0 bridgehead atoms. The minimum Gasteiger partial charge on any atom is -0.395 e. The van der Waals surface area contributed by atoms with Crippen LogP contribution in [-0.4, -0.2) is 43.3 Å². The number of aliphatic hydroxyl groups excluding tert-OH is 1. The summed E-state index contributed by atoms with van der Waals surface area (Å²) >= 11 is 0. The lowest BCUT2D eigenvalue weighted by Gasteiger charge is -2.13. The van der Waals surface area contributed by atoms with Crippen molar-refractivity contribution in [2.75, 3.05) is 31.6 Å². The van der Waals surface area contributed by atoms with E-state index in [1.54, 1.807) is 12.1 Å². The molecule has 18 heavy (non-hydrogen) atoms. The van der Waals surface area contributed by atoms with Crippen molar-refractivity contribution in [3.63, 3.8) is 0 Å². The zero-order valence-corrected chi connectivity index (χ0v) is 10.3. The number of rotatable bonds is 5. The Morgan fingerprint density at radius 2 is 2.17 bits per heavy atom. The number of aliphatic hydroxyl groups is 1. The molecule has 2 rings (SSSR count). The summed E-state index contributed by atoms with van der Waals surface area (Å²) in [5.41, 5.74) is 1.64. The molecule has 1 aliphatic rings. The van der Waals surface area contributed by atoms with Gasteiger partial charge in [-0.15, -0.1) is 0 Å². The van der Waals surface area contributed by atoms with E-state index >= 15 is 0 Å². The highest BCUT2D eigenvalue weighted by atomic mass is 16.3. The number of benzene rings is 1. The molecule has 1 fully saturated rings. The SMILES string of the molecule is O=C(NCCO)c1ccc(NC2CCNC2)cc1. The normalized spacial score (nSPS) is 18.6. The number of anilines is 1. The van der Waals surface area contributed by atoms with Gasteiger partial charge in [0.15, 0.2) is 0 Å². The van der Waals surface area contributed by atoms with Gasteiger partial charge in [-0.25, -0.2) is 0 Å². The third kappa shape index (κ3) is 3.45. The average molecular weight is 249 g/mol. The fourth-order valence-electron chi connectivity index (χ4n) is 2.00. The summed E-state index contributed by atoms with van der Waals surface area (Å²) in [5, 5.41) is 18.0. The lowest BCUT2D eigenvalue weighted by Crippen LogP contribution is -2.26. The lowest BCUT2D eigenvalue weighted by atomic mass is 10.1. The minimum atomic E-state index is -0.155. The van der Waals surface area contributed by atoms with Crippen molar-refractivity contribution < 1.29 is 9.90 Å². The van der Waals surface area contributed by atoms with Crippen LogP contribution >= 0.6 is 0 Å². The molecule has 5 nitrogen and oxygen atoms in total. The summed E-state index contributed by atoms with van der Waals surface area (Å²) in [5.74, 6) is -0.155. The van der Waals surface area contributed by atoms with Crippen LogP contribution in [0.2, 0.25) is 0 Å². The van der Waals surface area contributed by atoms with E-state index in [2.05, 4.69) is 16.0 Å². The van der Waals surface area contributed by atoms with E-state index in [1.165, 1.54) is 0 Å². The number of carbonyl (C=O) groups excluding carboxylic acids is 1. The molecule has 0 spiro atoms. The first-order valence-electron chi connectivity index (χ1n) is 6.26. The number of hydrogen-bond donors (Lipinski definition) is 4. The standard InChI is InChI=1S/C13H19N3O2/c17-8-7-15-13(18)10-1-3-11(4-2-10)16-12-5-6-14-9-12/h1-4,12,14,16-17H,5-9H2,(H,15,18). The average Bonchev–Trinajstić information content (AvgIpc) is 2.89. The number of carbonyl (C=O) groups is 1. The number of hydrogen-bond acceptors (Lipinski definition) is 4. The number of nitrogens with one attached hydrogen (secondary N) is 3. The van der Waals surface area contributed by atoms with Crippen LogP contribution in [0.4, 0.5) is 5.69 Å². The number of amides is 1. The van der Waals surface area contributed by atoms with Gasteiger partial charge < -0.3 is 21.1 Å². The maximum Gasteiger partial charge on any atom is 0.251 e. The highest BCUT2D eigenvalue weighted by Crippen LogP contribution is 2.13. The maximum absolute atomic E-state index is 11.6. The Kier molecular flexibility index (Phi) is 4.55. The Labute approximate surface area is 107 Å². The predicted octanol–water partition coefficient (Wildman–Crippen LogP) is 0.182. The van der Waals surface area contributed by atoms with Crippen LogP contribution in [0.1, 0.15) is 16.8 Å². The molecular weight excluding hydrogens is 230 g/mol. The second-order valence-corrected chi connectivity index (χ2v) is 4.39. The van der Waals surface area contributed by atoms with Gasteiger partial charge in [0.2, 0.25) is 0 Å². The summed E-state index contributed by atoms with van der Waals surface area (Å²) in [7, 11) is 0. The van der Waals surface area contributed by atoms with Crippen molar-refractivity contribution in [3.8, 4) is 0 Å². The molecule has 0 aromatic heterocycles. The maximum atomic E-state index is 11.6. The van der Waals surface area contributed by atoms with Crippen LogP contribution in [0.3, 0.4) is 0 Å². The largest absolute Gasteiger partial charge is 0.395 e. The van der Waals surface area contributed by atoms with Gasteiger partial charge in [-0.3, -0.25) is 4.79 Å². The molecule has 0 saturated carbocycles. The molecule has 1 amide bonds. The van der Waals surface area contributed by atoms with Gasteiger partial charge >= 0.3 is 0 Å². The molecule has 1 saturated heterocycles. The first-order chi connectivity index (χ1) is 8.79. The zero-order chi connectivity index (χ0) is 12.8. The highest BCUT2D eigenvalue weighted by Gasteiger charge is 2.13. The molecule has 1 unspecified atom stereocenters. The smallest absolute Gasteiger partial charge is 0.251 e. The van der Waals surface area contributed by atoms with Gasteiger partial charge in [0.05, 0.1) is 6.61 Å². The Morgan fingerprint density at radius 1 is 1.39 bits per heavy atom. The quantitative estimate of drug-likeness (QED) is 0.601. The van der Waals surface area contributed by atoms with Crippen LogP contribution in [0.25, 0.3) is 0 Å². The second-order valence-electron chi connectivity index (χ2n) is 4.39. The molecule has 0 aliphatic carbocycles.